The van der Waals surface area contributed by atoms with Crippen LogP contribution in [0, 0.1) is 6.92 Å². The van der Waals surface area contributed by atoms with Gasteiger partial charge in [0.25, 0.3) is 5.89 Å². The lowest BCUT2D eigenvalue weighted by atomic mass is 9.87. The standard InChI is InChI=1S/C23H29N3O4S/c1-17-8-6-7-9-20(17)29-16-22-24-21(25-30-22)14-15-26(5)31(27,28)19-12-10-18(11-13-19)23(2,3)4/h6-13H,14-16H2,1-5H3. The molecule has 1 heterocycles. The minimum Gasteiger partial charge on any atom is -0.483 e. The highest BCUT2D eigenvalue weighted by Crippen LogP contribution is 2.24. The van der Waals surface area contributed by atoms with Gasteiger partial charge in [-0.05, 0) is 41.7 Å². The van der Waals surface area contributed by atoms with Crippen molar-refractivity contribution in [3.63, 3.8) is 0 Å². The van der Waals surface area contributed by atoms with Crippen LogP contribution in [-0.2, 0) is 28.5 Å². The van der Waals surface area contributed by atoms with Gasteiger partial charge in [-0.2, -0.15) is 4.98 Å². The Labute approximate surface area is 184 Å². The van der Waals surface area contributed by atoms with Gasteiger partial charge in [0.05, 0.1) is 4.90 Å². The molecule has 0 bridgehead atoms. The lowest BCUT2D eigenvalue weighted by Crippen LogP contribution is -2.29. The number of benzene rings is 2. The van der Waals surface area contributed by atoms with Gasteiger partial charge in [0.15, 0.2) is 12.4 Å². The van der Waals surface area contributed by atoms with Crippen LogP contribution < -0.4 is 4.74 Å². The molecule has 8 heteroatoms. The van der Waals surface area contributed by atoms with Crippen molar-refractivity contribution in [2.75, 3.05) is 13.6 Å². The van der Waals surface area contributed by atoms with E-state index in [9.17, 15) is 8.42 Å². The third-order valence-corrected chi connectivity index (χ3v) is 6.90. The van der Waals surface area contributed by atoms with Crippen molar-refractivity contribution >= 4 is 10.0 Å². The third kappa shape index (κ3) is 5.71. The first-order chi connectivity index (χ1) is 14.6. The van der Waals surface area contributed by atoms with Gasteiger partial charge in [-0.15, -0.1) is 0 Å². The molecule has 0 radical (unpaired) electrons. The highest BCUT2D eigenvalue weighted by molar-refractivity contribution is 7.89. The average molecular weight is 444 g/mol. The Morgan fingerprint density at radius 1 is 1.06 bits per heavy atom. The number of likely N-dealkylation sites (N-methyl/N-ethyl adjacent to an activating group) is 1. The van der Waals surface area contributed by atoms with Gasteiger partial charge >= 0.3 is 0 Å². The molecule has 0 amide bonds. The topological polar surface area (TPSA) is 85.5 Å². The fourth-order valence-electron chi connectivity index (χ4n) is 2.99. The summed E-state index contributed by atoms with van der Waals surface area (Å²) in [5.41, 5.74) is 2.07. The summed E-state index contributed by atoms with van der Waals surface area (Å²) in [5, 5.41) is 3.93. The van der Waals surface area contributed by atoms with E-state index in [0.717, 1.165) is 16.9 Å². The molecule has 0 saturated heterocycles. The molecule has 0 atom stereocenters. The number of rotatable bonds is 8. The summed E-state index contributed by atoms with van der Waals surface area (Å²) in [6.07, 6.45) is 0.337. The van der Waals surface area contributed by atoms with Crippen molar-refractivity contribution in [1.29, 1.82) is 0 Å². The van der Waals surface area contributed by atoms with Crippen LogP contribution in [0.5, 0.6) is 5.75 Å². The molecule has 0 unspecified atom stereocenters. The normalized spacial score (nSPS) is 12.3. The number of hydrogen-bond acceptors (Lipinski definition) is 6. The summed E-state index contributed by atoms with van der Waals surface area (Å²) >= 11 is 0. The Morgan fingerprint density at radius 3 is 2.39 bits per heavy atom. The van der Waals surface area contributed by atoms with Crippen molar-refractivity contribution in [1.82, 2.24) is 14.4 Å². The van der Waals surface area contributed by atoms with Crippen molar-refractivity contribution in [3.8, 4) is 5.75 Å². The number of hydrogen-bond donors (Lipinski definition) is 0. The molecule has 166 valence electrons. The van der Waals surface area contributed by atoms with Gasteiger partial charge in [-0.25, -0.2) is 12.7 Å². The van der Waals surface area contributed by atoms with E-state index < -0.39 is 10.0 Å². The summed E-state index contributed by atoms with van der Waals surface area (Å²) in [7, 11) is -2.04. The van der Waals surface area contributed by atoms with Crippen LogP contribution in [0.4, 0.5) is 0 Å². The van der Waals surface area contributed by atoms with Crippen LogP contribution >= 0.6 is 0 Å². The van der Waals surface area contributed by atoms with Crippen LogP contribution in [0.1, 0.15) is 43.6 Å². The highest BCUT2D eigenvalue weighted by atomic mass is 32.2. The molecule has 0 saturated carbocycles. The van der Waals surface area contributed by atoms with E-state index in [1.54, 1.807) is 19.2 Å². The minimum absolute atomic E-state index is 0.0343. The van der Waals surface area contributed by atoms with Gasteiger partial charge in [0, 0.05) is 20.0 Å². The number of aryl methyl sites for hydroxylation is 1. The van der Waals surface area contributed by atoms with E-state index >= 15 is 0 Å². The van der Waals surface area contributed by atoms with E-state index in [-0.39, 0.29) is 23.5 Å². The first-order valence-electron chi connectivity index (χ1n) is 10.1. The first kappa shape index (κ1) is 23.0. The maximum atomic E-state index is 12.9. The summed E-state index contributed by atoms with van der Waals surface area (Å²) < 4.78 is 37.9. The molecule has 0 aliphatic rings. The maximum Gasteiger partial charge on any atom is 0.264 e. The molecule has 0 N–H and O–H groups in total. The molecule has 0 aliphatic heterocycles. The SMILES string of the molecule is Cc1ccccc1OCc1nc(CCN(C)S(=O)(=O)c2ccc(C(C)(C)C)cc2)no1. The molecule has 2 aromatic carbocycles. The fourth-order valence-corrected chi connectivity index (χ4v) is 4.16. The minimum atomic E-state index is -3.59. The summed E-state index contributed by atoms with van der Waals surface area (Å²) in [4.78, 5) is 4.56. The van der Waals surface area contributed by atoms with E-state index in [4.69, 9.17) is 9.26 Å². The van der Waals surface area contributed by atoms with E-state index in [0.29, 0.717) is 18.1 Å². The molecule has 1 aromatic heterocycles. The average Bonchev–Trinajstić information content (AvgIpc) is 3.18. The van der Waals surface area contributed by atoms with Crippen LogP contribution in [0.25, 0.3) is 0 Å². The quantitative estimate of drug-likeness (QED) is 0.521. The number of sulfonamides is 1. The number of ether oxygens (including phenoxy) is 1. The zero-order valence-corrected chi connectivity index (χ0v) is 19.4. The van der Waals surface area contributed by atoms with Gasteiger partial charge in [0.1, 0.15) is 5.75 Å². The Morgan fingerprint density at radius 2 is 1.74 bits per heavy atom. The van der Waals surface area contributed by atoms with Gasteiger partial charge in [-0.3, -0.25) is 0 Å². The second-order valence-electron chi connectivity index (χ2n) is 8.51. The number of nitrogens with zero attached hydrogens (tertiary/aromatic N) is 3. The smallest absolute Gasteiger partial charge is 0.264 e. The monoisotopic (exact) mass is 443 g/mol. The van der Waals surface area contributed by atoms with Crippen LogP contribution in [-0.4, -0.2) is 36.5 Å². The number of para-hydroxylation sites is 1. The van der Waals surface area contributed by atoms with Crippen LogP contribution in [0.15, 0.2) is 57.9 Å². The van der Waals surface area contributed by atoms with E-state index in [1.165, 1.54) is 4.31 Å². The molecule has 0 fully saturated rings. The summed E-state index contributed by atoms with van der Waals surface area (Å²) in [6.45, 7) is 8.63. The highest BCUT2D eigenvalue weighted by Gasteiger charge is 2.22. The second-order valence-corrected chi connectivity index (χ2v) is 10.6. The van der Waals surface area contributed by atoms with Gasteiger partial charge in [-0.1, -0.05) is 56.3 Å². The second kappa shape index (κ2) is 9.20. The summed E-state index contributed by atoms with van der Waals surface area (Å²) in [5.74, 6) is 1.54. The Bertz CT molecular complexity index is 1120. The Balaban J connectivity index is 1.57. The number of aromatic nitrogens is 2. The van der Waals surface area contributed by atoms with Crippen molar-refractivity contribution < 1.29 is 17.7 Å². The van der Waals surface area contributed by atoms with E-state index in [1.807, 2.05) is 43.3 Å². The molecular formula is C23H29N3O4S. The maximum absolute atomic E-state index is 12.9. The summed E-state index contributed by atoms with van der Waals surface area (Å²) in [6, 6.07) is 14.7. The molecule has 3 rings (SSSR count). The lowest BCUT2D eigenvalue weighted by Gasteiger charge is -2.20. The zero-order chi connectivity index (χ0) is 22.6. The Hall–Kier alpha value is -2.71. The molecule has 0 spiro atoms. The van der Waals surface area contributed by atoms with Gasteiger partial charge < -0.3 is 9.26 Å². The van der Waals surface area contributed by atoms with Gasteiger partial charge in [0.2, 0.25) is 10.0 Å². The zero-order valence-electron chi connectivity index (χ0n) is 18.6. The molecule has 31 heavy (non-hydrogen) atoms. The van der Waals surface area contributed by atoms with Crippen molar-refractivity contribution in [2.24, 2.45) is 0 Å². The van der Waals surface area contributed by atoms with Crippen LogP contribution in [0.3, 0.4) is 0 Å². The predicted octanol–water partition coefficient (Wildman–Crippen LogP) is 4.12. The third-order valence-electron chi connectivity index (χ3n) is 5.03. The molecule has 0 aliphatic carbocycles. The lowest BCUT2D eigenvalue weighted by molar-refractivity contribution is 0.241. The van der Waals surface area contributed by atoms with E-state index in [2.05, 4.69) is 30.9 Å². The van der Waals surface area contributed by atoms with Crippen LogP contribution in [0.2, 0.25) is 0 Å². The first-order valence-corrected chi connectivity index (χ1v) is 11.6. The van der Waals surface area contributed by atoms with Crippen molar-refractivity contribution in [2.45, 2.75) is 51.0 Å². The predicted molar refractivity (Wildman–Crippen MR) is 118 cm³/mol. The molecule has 3 aromatic rings. The van der Waals surface area contributed by atoms with Crippen molar-refractivity contribution in [3.05, 3.63) is 71.4 Å². The largest absolute Gasteiger partial charge is 0.483 e. The Kier molecular flexibility index (Phi) is 6.81. The fraction of sp³-hybridized carbons (Fsp3) is 0.391. The molecular weight excluding hydrogens is 414 g/mol. The molecule has 7 nitrogen and oxygen atoms in total.